The predicted octanol–water partition coefficient (Wildman–Crippen LogP) is 8.58. The molecule has 0 unspecified atom stereocenters. The Balaban J connectivity index is 1.54. The summed E-state index contributed by atoms with van der Waals surface area (Å²) in [6.07, 6.45) is -6.94. The Hall–Kier alpha value is -4.28. The highest BCUT2D eigenvalue weighted by Crippen LogP contribution is 2.40. The van der Waals surface area contributed by atoms with Gasteiger partial charge >= 0.3 is 12.4 Å². The molecule has 5 nitrogen and oxygen atoms in total. The highest BCUT2D eigenvalue weighted by Gasteiger charge is 2.33. The summed E-state index contributed by atoms with van der Waals surface area (Å²) in [7, 11) is 0. The molecule has 0 radical (unpaired) electrons. The molecule has 0 atom stereocenters. The number of aromatic nitrogens is 2. The smallest absolute Gasteiger partial charge is 0.416 e. The van der Waals surface area contributed by atoms with Gasteiger partial charge in [-0.15, -0.1) is 0 Å². The zero-order valence-corrected chi connectivity index (χ0v) is 19.2. The third-order valence-electron chi connectivity index (χ3n) is 5.54. The van der Waals surface area contributed by atoms with Gasteiger partial charge in [-0.1, -0.05) is 0 Å². The maximum absolute atomic E-state index is 13.3. The van der Waals surface area contributed by atoms with Crippen molar-refractivity contribution in [1.82, 2.24) is 9.97 Å². The normalized spacial score (nSPS) is 12.3. The third kappa shape index (κ3) is 4.76. The zero-order chi connectivity index (χ0) is 26.5. The quantitative estimate of drug-likeness (QED) is 0.223. The van der Waals surface area contributed by atoms with Crippen molar-refractivity contribution in [3.63, 3.8) is 0 Å². The number of rotatable bonds is 4. The number of halogens is 6. The third-order valence-corrected chi connectivity index (χ3v) is 5.54. The molecule has 5 aromatic rings. The molecule has 0 saturated heterocycles. The first kappa shape index (κ1) is 24.4. The van der Waals surface area contributed by atoms with Gasteiger partial charge in [-0.3, -0.25) is 0 Å². The molecule has 0 aliphatic heterocycles. The standard InChI is InChI=1S/C26H16F6N2O3/c1-13-5-15(9-17(7-13)25(27,28)29)21-23(35-11-33-21)19-3-4-20(37-19)24-22(34-12-36-24)16-6-14(2)8-18(10-16)26(30,31)32/h3-12H,1-2H3. The van der Waals surface area contributed by atoms with Crippen molar-refractivity contribution in [3.8, 4) is 45.6 Å². The molecule has 0 saturated carbocycles. The molecule has 2 aromatic carbocycles. The molecule has 0 bridgehead atoms. The van der Waals surface area contributed by atoms with Gasteiger partial charge in [0.2, 0.25) is 0 Å². The van der Waals surface area contributed by atoms with E-state index in [0.29, 0.717) is 11.1 Å². The summed E-state index contributed by atoms with van der Waals surface area (Å²) < 4.78 is 96.6. The lowest BCUT2D eigenvalue weighted by atomic mass is 10.0. The van der Waals surface area contributed by atoms with E-state index in [1.165, 1.54) is 38.1 Å². The largest absolute Gasteiger partial charge is 0.449 e. The van der Waals surface area contributed by atoms with Gasteiger partial charge in [0, 0.05) is 11.1 Å². The topological polar surface area (TPSA) is 65.2 Å². The maximum atomic E-state index is 13.3. The molecule has 0 aliphatic rings. The van der Waals surface area contributed by atoms with E-state index in [4.69, 9.17) is 13.3 Å². The lowest BCUT2D eigenvalue weighted by molar-refractivity contribution is -0.138. The molecule has 3 aromatic heterocycles. The second-order valence-corrected chi connectivity index (χ2v) is 8.40. The fourth-order valence-corrected chi connectivity index (χ4v) is 4.00. The zero-order valence-electron chi connectivity index (χ0n) is 19.2. The Morgan fingerprint density at radius 3 is 1.38 bits per heavy atom. The fourth-order valence-electron chi connectivity index (χ4n) is 4.00. The van der Waals surface area contributed by atoms with Crippen LogP contribution in [0.3, 0.4) is 0 Å². The number of furan rings is 1. The van der Waals surface area contributed by atoms with Crippen LogP contribution in [0, 0.1) is 13.8 Å². The highest BCUT2D eigenvalue weighted by molar-refractivity contribution is 5.78. The molecule has 3 heterocycles. The molecule has 0 amide bonds. The van der Waals surface area contributed by atoms with Crippen LogP contribution in [-0.2, 0) is 12.4 Å². The Labute approximate surface area is 205 Å². The first-order chi connectivity index (χ1) is 17.4. The van der Waals surface area contributed by atoms with E-state index in [1.54, 1.807) is 0 Å². The lowest BCUT2D eigenvalue weighted by Crippen LogP contribution is -2.05. The van der Waals surface area contributed by atoms with E-state index in [-0.39, 0.29) is 45.6 Å². The molecule has 0 spiro atoms. The Kier molecular flexibility index (Phi) is 5.73. The van der Waals surface area contributed by atoms with Crippen molar-refractivity contribution in [2.24, 2.45) is 0 Å². The van der Waals surface area contributed by atoms with Crippen molar-refractivity contribution in [3.05, 3.63) is 83.6 Å². The van der Waals surface area contributed by atoms with Crippen LogP contribution in [0.5, 0.6) is 0 Å². The van der Waals surface area contributed by atoms with Crippen LogP contribution in [0.15, 0.2) is 74.6 Å². The van der Waals surface area contributed by atoms with E-state index >= 15 is 0 Å². The van der Waals surface area contributed by atoms with Crippen molar-refractivity contribution in [2.75, 3.05) is 0 Å². The summed E-state index contributed by atoms with van der Waals surface area (Å²) in [6.45, 7) is 3.06. The predicted molar refractivity (Wildman–Crippen MR) is 120 cm³/mol. The van der Waals surface area contributed by atoms with Gasteiger partial charge in [0.25, 0.3) is 0 Å². The van der Waals surface area contributed by atoms with E-state index < -0.39 is 23.5 Å². The minimum absolute atomic E-state index is 0.0703. The van der Waals surface area contributed by atoms with E-state index in [0.717, 1.165) is 37.1 Å². The molecule has 190 valence electrons. The Morgan fingerprint density at radius 1 is 0.595 bits per heavy atom. The summed E-state index contributed by atoms with van der Waals surface area (Å²) in [5, 5.41) is 0. The summed E-state index contributed by atoms with van der Waals surface area (Å²) in [5.74, 6) is 0.391. The molecule has 11 heteroatoms. The van der Waals surface area contributed by atoms with Gasteiger partial charge in [0.15, 0.2) is 35.8 Å². The summed E-state index contributed by atoms with van der Waals surface area (Å²) in [6, 6.07) is 10.0. The number of hydrogen-bond acceptors (Lipinski definition) is 5. The van der Waals surface area contributed by atoms with Gasteiger partial charge in [-0.05, 0) is 73.5 Å². The van der Waals surface area contributed by atoms with Crippen LogP contribution >= 0.6 is 0 Å². The SMILES string of the molecule is Cc1cc(-c2ncoc2-c2ccc(-c3ocnc3-c3cc(C)cc(C(F)(F)F)c3)o2)cc(C(F)(F)F)c1. The number of nitrogens with zero attached hydrogens (tertiary/aromatic N) is 2. The number of oxazole rings is 2. The molecule has 5 rings (SSSR count). The molecule has 0 fully saturated rings. The first-order valence-electron chi connectivity index (χ1n) is 10.8. The van der Waals surface area contributed by atoms with Gasteiger partial charge in [0.1, 0.15) is 11.4 Å². The molecule has 37 heavy (non-hydrogen) atoms. The van der Waals surface area contributed by atoms with Gasteiger partial charge < -0.3 is 13.3 Å². The van der Waals surface area contributed by atoms with Crippen LogP contribution in [0.1, 0.15) is 22.3 Å². The van der Waals surface area contributed by atoms with E-state index in [1.807, 2.05) is 0 Å². The minimum atomic E-state index is -4.55. The van der Waals surface area contributed by atoms with E-state index in [2.05, 4.69) is 9.97 Å². The van der Waals surface area contributed by atoms with Gasteiger partial charge in [-0.2, -0.15) is 26.3 Å². The van der Waals surface area contributed by atoms with Crippen LogP contribution in [-0.4, -0.2) is 9.97 Å². The maximum Gasteiger partial charge on any atom is 0.416 e. The summed E-state index contributed by atoms with van der Waals surface area (Å²) >= 11 is 0. The van der Waals surface area contributed by atoms with Crippen LogP contribution in [0.2, 0.25) is 0 Å². The van der Waals surface area contributed by atoms with Gasteiger partial charge in [-0.25, -0.2) is 9.97 Å². The molecular formula is C26H16F6N2O3. The van der Waals surface area contributed by atoms with Crippen molar-refractivity contribution in [2.45, 2.75) is 26.2 Å². The highest BCUT2D eigenvalue weighted by atomic mass is 19.4. The molecule has 0 aliphatic carbocycles. The molecular weight excluding hydrogens is 502 g/mol. The minimum Gasteiger partial charge on any atom is -0.449 e. The van der Waals surface area contributed by atoms with E-state index in [9.17, 15) is 26.3 Å². The van der Waals surface area contributed by atoms with Crippen LogP contribution in [0.4, 0.5) is 26.3 Å². The summed E-state index contributed by atoms with van der Waals surface area (Å²) in [5.41, 5.74) is -0.313. The monoisotopic (exact) mass is 518 g/mol. The molecule has 0 N–H and O–H groups in total. The van der Waals surface area contributed by atoms with Crippen LogP contribution in [0.25, 0.3) is 45.6 Å². The summed E-state index contributed by atoms with van der Waals surface area (Å²) in [4.78, 5) is 8.14. The van der Waals surface area contributed by atoms with Crippen molar-refractivity contribution >= 4 is 0 Å². The average molecular weight is 518 g/mol. The Bertz CT molecular complexity index is 1470. The van der Waals surface area contributed by atoms with Crippen LogP contribution < -0.4 is 0 Å². The number of benzene rings is 2. The lowest BCUT2D eigenvalue weighted by Gasteiger charge is -2.10. The second-order valence-electron chi connectivity index (χ2n) is 8.40. The number of hydrogen-bond donors (Lipinski definition) is 0. The first-order valence-corrected chi connectivity index (χ1v) is 10.8. The second kappa shape index (κ2) is 8.68. The van der Waals surface area contributed by atoms with Gasteiger partial charge in [0.05, 0.1) is 11.1 Å². The Morgan fingerprint density at radius 2 is 1.00 bits per heavy atom. The number of alkyl halides is 6. The van der Waals surface area contributed by atoms with Crippen molar-refractivity contribution in [1.29, 1.82) is 0 Å². The number of aryl methyl sites for hydroxylation is 2. The average Bonchev–Trinajstić information content (AvgIpc) is 3.56. The fraction of sp³-hybridized carbons (Fsp3) is 0.154. The van der Waals surface area contributed by atoms with Crippen molar-refractivity contribution < 1.29 is 39.6 Å².